The first-order valence-electron chi connectivity index (χ1n) is 6.24. The largest absolute Gasteiger partial charge is 0.478 e. The smallest absolute Gasteiger partial charge is 0.328 e. The summed E-state index contributed by atoms with van der Waals surface area (Å²) in [5.41, 5.74) is 2.08. The average Bonchev–Trinajstić information content (AvgIpc) is 2.82. The molecule has 0 bridgehead atoms. The summed E-state index contributed by atoms with van der Waals surface area (Å²) >= 11 is 0. The molecule has 1 atom stereocenters. The Morgan fingerprint density at radius 1 is 1.39 bits per heavy atom. The Morgan fingerprint density at radius 2 is 2.00 bits per heavy atom. The highest BCUT2D eigenvalue weighted by Crippen LogP contribution is 2.38. The third kappa shape index (κ3) is 5.32. The van der Waals surface area contributed by atoms with Crippen molar-refractivity contribution >= 4 is 5.97 Å². The van der Waals surface area contributed by atoms with Crippen molar-refractivity contribution in [2.24, 2.45) is 0 Å². The summed E-state index contributed by atoms with van der Waals surface area (Å²) in [5, 5.41) is 8.55. The van der Waals surface area contributed by atoms with Crippen molar-refractivity contribution in [3.63, 3.8) is 0 Å². The van der Waals surface area contributed by atoms with Crippen LogP contribution in [0.1, 0.15) is 40.5 Å². The number of hydrogen-bond acceptors (Lipinski definition) is 2. The van der Waals surface area contributed by atoms with Crippen molar-refractivity contribution in [2.45, 2.75) is 52.2 Å². The fraction of sp³-hybridized carbons (Fsp3) is 0.533. The van der Waals surface area contributed by atoms with Crippen molar-refractivity contribution in [1.29, 1.82) is 0 Å². The van der Waals surface area contributed by atoms with E-state index in [0.717, 1.165) is 18.4 Å². The minimum atomic E-state index is -0.911. The topological polar surface area (TPSA) is 49.8 Å². The van der Waals surface area contributed by atoms with Crippen LogP contribution in [0.25, 0.3) is 0 Å². The molecule has 3 heteroatoms. The lowest BCUT2D eigenvalue weighted by molar-refractivity contribution is -0.131. The molecule has 1 aliphatic heterocycles. The van der Waals surface area contributed by atoms with Gasteiger partial charge in [0, 0.05) is 6.08 Å². The van der Waals surface area contributed by atoms with Crippen LogP contribution in [-0.2, 0) is 9.53 Å². The van der Waals surface area contributed by atoms with E-state index < -0.39 is 5.97 Å². The molecule has 0 radical (unpaired) electrons. The number of rotatable bonds is 6. The standard InChI is InChI=1S/C15H22O3/c1-11(8-9-13-15(3,4)18-13)6-5-7-12(2)10-14(16)17/h5-7,10,13H,8-9H2,1-4H3,(H,16,17)/b7-5+,11-6+,12-10+. The molecule has 1 heterocycles. The van der Waals surface area contributed by atoms with Gasteiger partial charge in [0.15, 0.2) is 0 Å². The van der Waals surface area contributed by atoms with Crippen molar-refractivity contribution in [1.82, 2.24) is 0 Å². The van der Waals surface area contributed by atoms with Crippen LogP contribution in [-0.4, -0.2) is 22.8 Å². The molecule has 0 saturated carbocycles. The zero-order valence-corrected chi connectivity index (χ0v) is 11.6. The molecule has 0 aliphatic carbocycles. The lowest BCUT2D eigenvalue weighted by Crippen LogP contribution is -2.02. The number of hydrogen-bond donors (Lipinski definition) is 1. The van der Waals surface area contributed by atoms with E-state index in [1.165, 1.54) is 11.6 Å². The van der Waals surface area contributed by atoms with E-state index in [9.17, 15) is 4.79 Å². The van der Waals surface area contributed by atoms with E-state index >= 15 is 0 Å². The van der Waals surface area contributed by atoms with Gasteiger partial charge >= 0.3 is 5.97 Å². The van der Waals surface area contributed by atoms with Crippen LogP contribution in [0.5, 0.6) is 0 Å². The second-order valence-electron chi connectivity index (χ2n) is 5.35. The van der Waals surface area contributed by atoms with Gasteiger partial charge in [0.2, 0.25) is 0 Å². The molecule has 0 amide bonds. The normalized spacial score (nSPS) is 23.4. The molecule has 1 N–H and O–H groups in total. The number of aliphatic carboxylic acids is 1. The molecule has 0 aromatic rings. The number of allylic oxidation sites excluding steroid dienone is 5. The molecule has 1 rings (SSSR count). The highest BCUT2D eigenvalue weighted by atomic mass is 16.6. The van der Waals surface area contributed by atoms with Crippen LogP contribution < -0.4 is 0 Å². The van der Waals surface area contributed by atoms with Crippen molar-refractivity contribution in [3.8, 4) is 0 Å². The molecule has 0 spiro atoms. The van der Waals surface area contributed by atoms with Gasteiger partial charge in [-0.3, -0.25) is 0 Å². The highest BCUT2D eigenvalue weighted by Gasteiger charge is 2.46. The minimum Gasteiger partial charge on any atom is -0.478 e. The summed E-state index contributed by atoms with van der Waals surface area (Å²) in [6.45, 7) is 8.07. The Morgan fingerprint density at radius 3 is 2.50 bits per heavy atom. The van der Waals surface area contributed by atoms with Gasteiger partial charge in [-0.1, -0.05) is 23.8 Å². The first kappa shape index (κ1) is 14.7. The van der Waals surface area contributed by atoms with Gasteiger partial charge in [-0.05, 0) is 46.1 Å². The molecule has 3 nitrogen and oxygen atoms in total. The molecule has 0 aromatic carbocycles. The first-order valence-corrected chi connectivity index (χ1v) is 6.24. The monoisotopic (exact) mass is 250 g/mol. The zero-order chi connectivity index (χ0) is 13.8. The second kappa shape index (κ2) is 6.01. The van der Waals surface area contributed by atoms with E-state index in [0.29, 0.717) is 6.10 Å². The van der Waals surface area contributed by atoms with Crippen molar-refractivity contribution in [3.05, 3.63) is 35.5 Å². The lowest BCUT2D eigenvalue weighted by atomic mass is 10.0. The Hall–Kier alpha value is -1.35. The maximum atomic E-state index is 10.4. The van der Waals surface area contributed by atoms with Gasteiger partial charge in [0.1, 0.15) is 0 Å². The van der Waals surface area contributed by atoms with E-state index in [1.54, 1.807) is 13.0 Å². The SMILES string of the molecule is CC(/C=C/C=C(\C)CCC1OC1(C)C)=C\C(=O)O. The Labute approximate surface area is 109 Å². The number of carbonyl (C=O) groups is 1. The molecule has 0 aromatic heterocycles. The average molecular weight is 250 g/mol. The number of carboxylic acids is 1. The second-order valence-corrected chi connectivity index (χ2v) is 5.35. The molecule has 1 saturated heterocycles. The van der Waals surface area contributed by atoms with E-state index in [-0.39, 0.29) is 5.60 Å². The molecule has 1 fully saturated rings. The summed E-state index contributed by atoms with van der Waals surface area (Å²) < 4.78 is 5.52. The number of carboxylic acid groups (broad SMARTS) is 1. The Bertz CT molecular complexity index is 400. The molecular weight excluding hydrogens is 228 g/mol. The van der Waals surface area contributed by atoms with Crippen LogP contribution in [0.15, 0.2) is 35.5 Å². The third-order valence-electron chi connectivity index (χ3n) is 3.06. The van der Waals surface area contributed by atoms with Gasteiger partial charge in [-0.2, -0.15) is 0 Å². The van der Waals surface area contributed by atoms with Crippen LogP contribution in [0.2, 0.25) is 0 Å². The fourth-order valence-corrected chi connectivity index (χ4v) is 1.79. The van der Waals surface area contributed by atoms with Crippen molar-refractivity contribution in [2.75, 3.05) is 0 Å². The predicted octanol–water partition coefficient (Wildman–Crippen LogP) is 3.48. The third-order valence-corrected chi connectivity index (χ3v) is 3.06. The maximum absolute atomic E-state index is 10.4. The Balaban J connectivity index is 2.33. The van der Waals surface area contributed by atoms with Gasteiger partial charge in [0.25, 0.3) is 0 Å². The molecule has 100 valence electrons. The van der Waals surface area contributed by atoms with E-state index in [2.05, 4.69) is 20.8 Å². The molecule has 18 heavy (non-hydrogen) atoms. The number of ether oxygens (including phenoxy) is 1. The summed E-state index contributed by atoms with van der Waals surface area (Å²) in [7, 11) is 0. The lowest BCUT2D eigenvalue weighted by Gasteiger charge is -1.98. The molecular formula is C15H22O3. The van der Waals surface area contributed by atoms with Gasteiger partial charge in [0.05, 0.1) is 11.7 Å². The summed E-state index contributed by atoms with van der Waals surface area (Å²) in [4.78, 5) is 10.4. The Kier molecular flexibility index (Phi) is 4.91. The maximum Gasteiger partial charge on any atom is 0.328 e. The predicted molar refractivity (Wildman–Crippen MR) is 72.5 cm³/mol. The van der Waals surface area contributed by atoms with Gasteiger partial charge < -0.3 is 9.84 Å². The van der Waals surface area contributed by atoms with Gasteiger partial charge in [-0.25, -0.2) is 4.79 Å². The summed E-state index contributed by atoms with van der Waals surface area (Å²) in [6, 6.07) is 0. The summed E-state index contributed by atoms with van der Waals surface area (Å²) in [5.74, 6) is -0.911. The van der Waals surface area contributed by atoms with Gasteiger partial charge in [-0.15, -0.1) is 0 Å². The van der Waals surface area contributed by atoms with Crippen LogP contribution in [0.3, 0.4) is 0 Å². The van der Waals surface area contributed by atoms with Crippen LogP contribution in [0.4, 0.5) is 0 Å². The van der Waals surface area contributed by atoms with E-state index in [4.69, 9.17) is 9.84 Å². The van der Waals surface area contributed by atoms with Crippen molar-refractivity contribution < 1.29 is 14.6 Å². The number of epoxide rings is 1. The van der Waals surface area contributed by atoms with E-state index in [1.807, 2.05) is 12.2 Å². The van der Waals surface area contributed by atoms with Crippen LogP contribution in [0, 0.1) is 0 Å². The highest BCUT2D eigenvalue weighted by molar-refractivity contribution is 5.81. The molecule has 1 aliphatic rings. The van der Waals surface area contributed by atoms with Crippen LogP contribution >= 0.6 is 0 Å². The zero-order valence-electron chi connectivity index (χ0n) is 11.6. The minimum absolute atomic E-state index is 0.0664. The molecule has 1 unspecified atom stereocenters. The quantitative estimate of drug-likeness (QED) is 0.446. The fourth-order valence-electron chi connectivity index (χ4n) is 1.79. The summed E-state index contributed by atoms with van der Waals surface area (Å²) in [6.07, 6.45) is 9.36. The first-order chi connectivity index (χ1) is 8.31.